The van der Waals surface area contributed by atoms with E-state index in [1.165, 1.54) is 5.56 Å². The van der Waals surface area contributed by atoms with Crippen LogP contribution in [0.15, 0.2) is 18.2 Å². The van der Waals surface area contributed by atoms with Gasteiger partial charge >= 0.3 is 0 Å². The van der Waals surface area contributed by atoms with Crippen LogP contribution >= 0.6 is 0 Å². The van der Waals surface area contributed by atoms with Crippen LogP contribution in [0.1, 0.15) is 25.8 Å². The molecular weight excluding hydrogens is 266 g/mol. The first-order chi connectivity index (χ1) is 10.1. The molecule has 21 heavy (non-hydrogen) atoms. The quantitative estimate of drug-likeness (QED) is 0.904. The van der Waals surface area contributed by atoms with Crippen molar-refractivity contribution in [2.45, 2.75) is 38.3 Å². The fourth-order valence-corrected chi connectivity index (χ4v) is 3.21. The molecule has 0 radical (unpaired) electrons. The van der Waals surface area contributed by atoms with Gasteiger partial charge in [0, 0.05) is 30.6 Å². The van der Waals surface area contributed by atoms with Crippen molar-refractivity contribution in [1.29, 1.82) is 0 Å². The molecule has 0 aromatic heterocycles. The Labute approximate surface area is 126 Å². The van der Waals surface area contributed by atoms with Gasteiger partial charge in [-0.15, -0.1) is 0 Å². The standard InChI is InChI=1S/C17H25NO3/c1-17(2)9-12-5-4-6-15(16(12)21-17)20-11-14(18-3)13-7-8-19-10-13/h4-6,13-14,18H,7-11H2,1-3H3. The summed E-state index contributed by atoms with van der Waals surface area (Å²) in [6.07, 6.45) is 2.04. The molecule has 2 unspecified atom stereocenters. The second kappa shape index (κ2) is 5.85. The van der Waals surface area contributed by atoms with Crippen LogP contribution in [0.2, 0.25) is 0 Å². The number of para-hydroxylation sites is 1. The second-order valence-electron chi connectivity index (χ2n) is 6.61. The molecule has 3 rings (SSSR count). The van der Waals surface area contributed by atoms with Gasteiger partial charge in [-0.2, -0.15) is 0 Å². The van der Waals surface area contributed by atoms with Gasteiger partial charge in [-0.25, -0.2) is 0 Å². The SMILES string of the molecule is CNC(COc1cccc2c1OC(C)(C)C2)C1CCOC1. The fourth-order valence-electron chi connectivity index (χ4n) is 3.21. The van der Waals surface area contributed by atoms with E-state index in [1.807, 2.05) is 19.2 Å². The molecule has 0 saturated carbocycles. The third-order valence-electron chi connectivity index (χ3n) is 4.38. The van der Waals surface area contributed by atoms with Gasteiger partial charge in [0.2, 0.25) is 0 Å². The topological polar surface area (TPSA) is 39.7 Å². The average Bonchev–Trinajstić information content (AvgIpc) is 3.05. The maximum Gasteiger partial charge on any atom is 0.165 e. The van der Waals surface area contributed by atoms with Gasteiger partial charge in [-0.1, -0.05) is 12.1 Å². The van der Waals surface area contributed by atoms with Gasteiger partial charge in [0.1, 0.15) is 12.2 Å². The zero-order valence-electron chi connectivity index (χ0n) is 13.1. The monoisotopic (exact) mass is 291 g/mol. The molecule has 2 atom stereocenters. The molecule has 116 valence electrons. The van der Waals surface area contributed by atoms with E-state index < -0.39 is 0 Å². The number of ether oxygens (including phenoxy) is 3. The van der Waals surface area contributed by atoms with Gasteiger partial charge < -0.3 is 19.5 Å². The maximum atomic E-state index is 6.06. The van der Waals surface area contributed by atoms with Crippen molar-refractivity contribution in [2.24, 2.45) is 5.92 Å². The largest absolute Gasteiger partial charge is 0.488 e. The molecule has 2 aliphatic rings. The van der Waals surface area contributed by atoms with Crippen LogP contribution in [0.5, 0.6) is 11.5 Å². The summed E-state index contributed by atoms with van der Waals surface area (Å²) in [5, 5.41) is 3.35. The number of rotatable bonds is 5. The first kappa shape index (κ1) is 14.7. The third kappa shape index (κ3) is 3.16. The summed E-state index contributed by atoms with van der Waals surface area (Å²) >= 11 is 0. The number of nitrogens with one attached hydrogen (secondary N) is 1. The molecular formula is C17H25NO3. The smallest absolute Gasteiger partial charge is 0.165 e. The van der Waals surface area contributed by atoms with Gasteiger partial charge in [0.25, 0.3) is 0 Å². The van der Waals surface area contributed by atoms with Crippen molar-refractivity contribution in [3.8, 4) is 11.5 Å². The van der Waals surface area contributed by atoms with Crippen molar-refractivity contribution in [1.82, 2.24) is 5.32 Å². The normalized spacial score (nSPS) is 24.4. The van der Waals surface area contributed by atoms with Crippen molar-refractivity contribution in [2.75, 3.05) is 26.9 Å². The number of benzene rings is 1. The molecule has 1 saturated heterocycles. The highest BCUT2D eigenvalue weighted by atomic mass is 16.5. The van der Waals surface area contributed by atoms with E-state index in [0.717, 1.165) is 37.6 Å². The summed E-state index contributed by atoms with van der Waals surface area (Å²) < 4.78 is 17.6. The van der Waals surface area contributed by atoms with Crippen LogP contribution in [-0.4, -0.2) is 38.5 Å². The van der Waals surface area contributed by atoms with Crippen LogP contribution < -0.4 is 14.8 Å². The van der Waals surface area contributed by atoms with Gasteiger partial charge in [0.05, 0.1) is 6.61 Å². The molecule has 2 aliphatic heterocycles. The minimum absolute atomic E-state index is 0.135. The molecule has 4 heteroatoms. The van der Waals surface area contributed by atoms with Crippen molar-refractivity contribution >= 4 is 0 Å². The molecule has 1 fully saturated rings. The van der Waals surface area contributed by atoms with Gasteiger partial charge in [0.15, 0.2) is 11.5 Å². The van der Waals surface area contributed by atoms with E-state index in [2.05, 4.69) is 25.2 Å². The predicted octanol–water partition coefficient (Wildman–Crippen LogP) is 2.40. The number of hydrogen-bond acceptors (Lipinski definition) is 4. The molecule has 0 amide bonds. The summed E-state index contributed by atoms with van der Waals surface area (Å²) in [5.74, 6) is 2.31. The van der Waals surface area contributed by atoms with Crippen LogP contribution in [0.4, 0.5) is 0 Å². The summed E-state index contributed by atoms with van der Waals surface area (Å²) in [4.78, 5) is 0. The Morgan fingerprint density at radius 2 is 2.29 bits per heavy atom. The first-order valence-electron chi connectivity index (χ1n) is 7.78. The molecule has 1 N–H and O–H groups in total. The Balaban J connectivity index is 1.67. The third-order valence-corrected chi connectivity index (χ3v) is 4.38. The van der Waals surface area contributed by atoms with Crippen LogP contribution in [0.3, 0.4) is 0 Å². The molecule has 4 nitrogen and oxygen atoms in total. The summed E-state index contributed by atoms with van der Waals surface area (Å²) in [7, 11) is 1.99. The van der Waals surface area contributed by atoms with E-state index in [-0.39, 0.29) is 5.60 Å². The lowest BCUT2D eigenvalue weighted by Crippen LogP contribution is -2.39. The highest BCUT2D eigenvalue weighted by Gasteiger charge is 2.32. The van der Waals surface area contributed by atoms with Gasteiger partial charge in [-0.3, -0.25) is 0 Å². The van der Waals surface area contributed by atoms with E-state index in [4.69, 9.17) is 14.2 Å². The van der Waals surface area contributed by atoms with E-state index in [9.17, 15) is 0 Å². The first-order valence-corrected chi connectivity index (χ1v) is 7.78. The van der Waals surface area contributed by atoms with Crippen LogP contribution in [0.25, 0.3) is 0 Å². The van der Waals surface area contributed by atoms with Crippen molar-refractivity contribution in [3.05, 3.63) is 23.8 Å². The Hall–Kier alpha value is -1.26. The number of hydrogen-bond donors (Lipinski definition) is 1. The summed E-state index contributed by atoms with van der Waals surface area (Å²) in [5.41, 5.74) is 1.10. The Bertz CT molecular complexity index is 495. The molecule has 0 aliphatic carbocycles. The number of likely N-dealkylation sites (N-methyl/N-ethyl adjacent to an activating group) is 1. The highest BCUT2D eigenvalue weighted by Crippen LogP contribution is 2.41. The van der Waals surface area contributed by atoms with E-state index >= 15 is 0 Å². The van der Waals surface area contributed by atoms with Crippen LogP contribution in [-0.2, 0) is 11.2 Å². The predicted molar refractivity (Wildman–Crippen MR) is 82.1 cm³/mol. The molecule has 1 aromatic rings. The van der Waals surface area contributed by atoms with Crippen molar-refractivity contribution in [3.63, 3.8) is 0 Å². The second-order valence-corrected chi connectivity index (χ2v) is 6.61. The summed E-state index contributed by atoms with van der Waals surface area (Å²) in [6, 6.07) is 6.49. The molecule has 0 bridgehead atoms. The molecule has 2 heterocycles. The molecule has 0 spiro atoms. The zero-order valence-corrected chi connectivity index (χ0v) is 13.1. The summed E-state index contributed by atoms with van der Waals surface area (Å²) in [6.45, 7) is 6.56. The Morgan fingerprint density at radius 3 is 3.00 bits per heavy atom. The van der Waals surface area contributed by atoms with E-state index in [0.29, 0.717) is 18.6 Å². The van der Waals surface area contributed by atoms with Gasteiger partial charge in [-0.05, 0) is 33.4 Å². The Kier molecular flexibility index (Phi) is 4.09. The lowest BCUT2D eigenvalue weighted by atomic mass is 10.00. The molecule has 1 aromatic carbocycles. The Morgan fingerprint density at radius 1 is 1.43 bits per heavy atom. The van der Waals surface area contributed by atoms with E-state index in [1.54, 1.807) is 0 Å². The van der Waals surface area contributed by atoms with Crippen LogP contribution in [0, 0.1) is 5.92 Å². The lowest BCUT2D eigenvalue weighted by Gasteiger charge is -2.23. The lowest BCUT2D eigenvalue weighted by molar-refractivity contribution is 0.128. The maximum absolute atomic E-state index is 6.06. The fraction of sp³-hybridized carbons (Fsp3) is 0.647. The number of fused-ring (bicyclic) bond motifs is 1. The minimum Gasteiger partial charge on any atom is -0.488 e. The minimum atomic E-state index is -0.135. The average molecular weight is 291 g/mol. The van der Waals surface area contributed by atoms with Crippen molar-refractivity contribution < 1.29 is 14.2 Å². The highest BCUT2D eigenvalue weighted by molar-refractivity contribution is 5.50. The zero-order chi connectivity index (χ0) is 14.9.